The van der Waals surface area contributed by atoms with Crippen LogP contribution in [0.5, 0.6) is 11.5 Å². The van der Waals surface area contributed by atoms with Gasteiger partial charge in [0, 0.05) is 6.20 Å². The minimum Gasteiger partial charge on any atom is -0.452 e. The van der Waals surface area contributed by atoms with Crippen molar-refractivity contribution in [3.8, 4) is 11.5 Å². The van der Waals surface area contributed by atoms with Crippen LogP contribution >= 0.6 is 23.4 Å². The van der Waals surface area contributed by atoms with Crippen LogP contribution in [0.4, 0.5) is 5.69 Å². The summed E-state index contributed by atoms with van der Waals surface area (Å²) in [7, 11) is 0. The number of nitrogens with one attached hydrogen (secondary N) is 1. The molecular weight excluding hydrogens is 296 g/mol. The van der Waals surface area contributed by atoms with Crippen molar-refractivity contribution in [3.63, 3.8) is 0 Å². The Morgan fingerprint density at radius 3 is 2.95 bits per heavy atom. The SMILES string of the molecule is CSCC(=O)Nc1cccc(Cl)c1Oc1cccnc1. The molecule has 1 amide bonds. The van der Waals surface area contributed by atoms with E-state index in [1.807, 2.05) is 6.26 Å². The van der Waals surface area contributed by atoms with Crippen molar-refractivity contribution in [2.75, 3.05) is 17.3 Å². The highest BCUT2D eigenvalue weighted by Gasteiger charge is 2.12. The van der Waals surface area contributed by atoms with Gasteiger partial charge in [0.1, 0.15) is 5.75 Å². The van der Waals surface area contributed by atoms with Crippen molar-refractivity contribution >= 4 is 35.0 Å². The Hall–Kier alpha value is -1.72. The summed E-state index contributed by atoms with van der Waals surface area (Å²) in [5.41, 5.74) is 0.542. The molecule has 0 saturated carbocycles. The first-order chi connectivity index (χ1) is 9.70. The standard InChI is InChI=1S/C14H13ClN2O2S/c1-20-9-13(18)17-12-6-2-5-11(15)14(12)19-10-4-3-7-16-8-10/h2-8H,9H2,1H3,(H,17,18). The van der Waals surface area contributed by atoms with E-state index in [2.05, 4.69) is 10.3 Å². The molecular formula is C14H13ClN2O2S. The van der Waals surface area contributed by atoms with Gasteiger partial charge in [0.2, 0.25) is 5.91 Å². The van der Waals surface area contributed by atoms with Gasteiger partial charge in [-0.3, -0.25) is 9.78 Å². The van der Waals surface area contributed by atoms with Crippen LogP contribution in [0.25, 0.3) is 0 Å². The predicted molar refractivity (Wildman–Crippen MR) is 82.8 cm³/mol. The molecule has 1 aromatic carbocycles. The quantitative estimate of drug-likeness (QED) is 0.912. The van der Waals surface area contributed by atoms with Crippen LogP contribution < -0.4 is 10.1 Å². The molecule has 0 unspecified atom stereocenters. The Morgan fingerprint density at radius 2 is 2.25 bits per heavy atom. The number of anilines is 1. The van der Waals surface area contributed by atoms with E-state index < -0.39 is 0 Å². The predicted octanol–water partition coefficient (Wildman–Crippen LogP) is 3.83. The van der Waals surface area contributed by atoms with Gasteiger partial charge in [-0.25, -0.2) is 0 Å². The summed E-state index contributed by atoms with van der Waals surface area (Å²) in [6, 6.07) is 8.74. The van der Waals surface area contributed by atoms with Gasteiger partial charge in [-0.1, -0.05) is 17.7 Å². The highest BCUT2D eigenvalue weighted by Crippen LogP contribution is 2.36. The maximum absolute atomic E-state index is 11.7. The third-order valence-corrected chi connectivity index (χ3v) is 3.22. The molecule has 1 N–H and O–H groups in total. The van der Waals surface area contributed by atoms with E-state index in [9.17, 15) is 4.79 Å². The van der Waals surface area contributed by atoms with Crippen LogP contribution in [0.1, 0.15) is 0 Å². The molecule has 1 aromatic heterocycles. The summed E-state index contributed by atoms with van der Waals surface area (Å²) in [6.45, 7) is 0. The van der Waals surface area contributed by atoms with Gasteiger partial charge >= 0.3 is 0 Å². The van der Waals surface area contributed by atoms with Crippen molar-refractivity contribution in [2.45, 2.75) is 0 Å². The molecule has 0 aliphatic heterocycles. The van der Waals surface area contributed by atoms with Crippen LogP contribution in [0.2, 0.25) is 5.02 Å². The van der Waals surface area contributed by atoms with Gasteiger partial charge in [0.25, 0.3) is 0 Å². The number of aromatic nitrogens is 1. The molecule has 104 valence electrons. The molecule has 0 spiro atoms. The Labute approximate surface area is 126 Å². The number of amides is 1. The lowest BCUT2D eigenvalue weighted by Crippen LogP contribution is -2.14. The van der Waals surface area contributed by atoms with Gasteiger partial charge < -0.3 is 10.1 Å². The fraction of sp³-hybridized carbons (Fsp3) is 0.143. The zero-order chi connectivity index (χ0) is 14.4. The summed E-state index contributed by atoms with van der Waals surface area (Å²) in [5.74, 6) is 1.24. The van der Waals surface area contributed by atoms with Crippen LogP contribution in [0, 0.1) is 0 Å². The number of carbonyl (C=O) groups is 1. The minimum absolute atomic E-state index is 0.101. The van der Waals surface area contributed by atoms with Crippen molar-refractivity contribution in [1.29, 1.82) is 0 Å². The van der Waals surface area contributed by atoms with E-state index >= 15 is 0 Å². The number of carbonyl (C=O) groups excluding carboxylic acids is 1. The maximum Gasteiger partial charge on any atom is 0.234 e. The summed E-state index contributed by atoms with van der Waals surface area (Å²) >= 11 is 7.59. The first-order valence-corrected chi connectivity index (χ1v) is 7.63. The Balaban J connectivity index is 2.24. The molecule has 0 saturated heterocycles. The summed E-state index contributed by atoms with van der Waals surface area (Å²) in [4.78, 5) is 15.7. The van der Waals surface area contributed by atoms with Crippen molar-refractivity contribution in [2.24, 2.45) is 0 Å². The summed E-state index contributed by atoms with van der Waals surface area (Å²) < 4.78 is 5.70. The number of halogens is 1. The monoisotopic (exact) mass is 308 g/mol. The van der Waals surface area contributed by atoms with Crippen LogP contribution in [0.15, 0.2) is 42.7 Å². The van der Waals surface area contributed by atoms with Gasteiger partial charge in [-0.15, -0.1) is 0 Å². The molecule has 0 bridgehead atoms. The van der Waals surface area contributed by atoms with E-state index in [0.717, 1.165) is 0 Å². The Kier molecular flexibility index (Phi) is 5.26. The lowest BCUT2D eigenvalue weighted by atomic mass is 10.3. The summed E-state index contributed by atoms with van der Waals surface area (Å²) in [6.07, 6.45) is 5.10. The van der Waals surface area contributed by atoms with E-state index in [1.54, 1.807) is 42.7 Å². The molecule has 2 aromatic rings. The second-order valence-corrected chi connectivity index (χ2v) is 5.16. The average Bonchev–Trinajstić information content (AvgIpc) is 2.44. The van der Waals surface area contributed by atoms with Gasteiger partial charge in [-0.2, -0.15) is 11.8 Å². The maximum atomic E-state index is 11.7. The summed E-state index contributed by atoms with van der Waals surface area (Å²) in [5, 5.41) is 3.21. The lowest BCUT2D eigenvalue weighted by Gasteiger charge is -2.13. The van der Waals surface area contributed by atoms with E-state index in [0.29, 0.717) is 28.0 Å². The number of para-hydroxylation sites is 1. The minimum atomic E-state index is -0.101. The second-order valence-electron chi connectivity index (χ2n) is 3.89. The number of benzene rings is 1. The van der Waals surface area contributed by atoms with E-state index in [-0.39, 0.29) is 5.91 Å². The third-order valence-electron chi connectivity index (χ3n) is 2.37. The average molecular weight is 309 g/mol. The number of thioether (sulfide) groups is 1. The Morgan fingerprint density at radius 1 is 1.40 bits per heavy atom. The number of hydrogen-bond donors (Lipinski definition) is 1. The molecule has 20 heavy (non-hydrogen) atoms. The number of nitrogens with zero attached hydrogens (tertiary/aromatic N) is 1. The molecule has 0 aliphatic rings. The van der Waals surface area contributed by atoms with Crippen molar-refractivity contribution in [3.05, 3.63) is 47.7 Å². The van der Waals surface area contributed by atoms with Crippen molar-refractivity contribution in [1.82, 2.24) is 4.98 Å². The van der Waals surface area contributed by atoms with E-state index in [4.69, 9.17) is 16.3 Å². The normalized spacial score (nSPS) is 10.1. The fourth-order valence-electron chi connectivity index (χ4n) is 1.55. The second kappa shape index (κ2) is 7.17. The van der Waals surface area contributed by atoms with Crippen molar-refractivity contribution < 1.29 is 9.53 Å². The third kappa shape index (κ3) is 3.88. The number of hydrogen-bond acceptors (Lipinski definition) is 4. The molecule has 2 rings (SSSR count). The highest BCUT2D eigenvalue weighted by molar-refractivity contribution is 7.99. The lowest BCUT2D eigenvalue weighted by molar-refractivity contribution is -0.113. The van der Waals surface area contributed by atoms with Gasteiger partial charge in [-0.05, 0) is 30.5 Å². The fourth-order valence-corrected chi connectivity index (χ4v) is 2.10. The molecule has 0 fully saturated rings. The highest BCUT2D eigenvalue weighted by atomic mass is 35.5. The molecule has 0 atom stereocenters. The molecule has 6 heteroatoms. The number of rotatable bonds is 5. The van der Waals surface area contributed by atoms with Crippen LogP contribution in [-0.2, 0) is 4.79 Å². The molecule has 4 nitrogen and oxygen atoms in total. The van der Waals surface area contributed by atoms with Crippen LogP contribution in [0.3, 0.4) is 0 Å². The zero-order valence-electron chi connectivity index (χ0n) is 10.8. The largest absolute Gasteiger partial charge is 0.452 e. The first kappa shape index (κ1) is 14.7. The van der Waals surface area contributed by atoms with Crippen LogP contribution in [-0.4, -0.2) is 22.9 Å². The van der Waals surface area contributed by atoms with Gasteiger partial charge in [0.15, 0.2) is 5.75 Å². The Bertz CT molecular complexity index is 593. The topological polar surface area (TPSA) is 51.2 Å². The van der Waals surface area contributed by atoms with Gasteiger partial charge in [0.05, 0.1) is 22.7 Å². The number of pyridine rings is 1. The molecule has 0 radical (unpaired) electrons. The molecule has 1 heterocycles. The molecule has 0 aliphatic carbocycles. The first-order valence-electron chi connectivity index (χ1n) is 5.86. The smallest absolute Gasteiger partial charge is 0.234 e. The zero-order valence-corrected chi connectivity index (χ0v) is 12.4. The number of ether oxygens (including phenoxy) is 1. The van der Waals surface area contributed by atoms with E-state index in [1.165, 1.54) is 11.8 Å².